The lowest BCUT2D eigenvalue weighted by Gasteiger charge is -2.25. The topological polar surface area (TPSA) is 12.5 Å². The van der Waals surface area contributed by atoms with Gasteiger partial charge in [0, 0.05) is 22.9 Å². The fraction of sp³-hybridized carbons (Fsp3) is 0.400. The van der Waals surface area contributed by atoms with E-state index in [1.54, 1.807) is 11.9 Å². The summed E-state index contributed by atoms with van der Waals surface area (Å²) < 4.78 is 7.62. The van der Waals surface area contributed by atoms with Crippen molar-refractivity contribution in [2.24, 2.45) is 0 Å². The number of ether oxygens (including phenoxy) is 1. The van der Waals surface area contributed by atoms with Crippen molar-refractivity contribution in [3.05, 3.63) is 24.3 Å². The second kappa shape index (κ2) is 5.07. The molecule has 0 radical (unpaired) electrons. The lowest BCUT2D eigenvalue weighted by Crippen LogP contribution is -2.30. The summed E-state index contributed by atoms with van der Waals surface area (Å²) in [6, 6.07) is 8.24. The third-order valence-electron chi connectivity index (χ3n) is 2.04. The number of morpholine rings is 1. The minimum Gasteiger partial charge on any atom is -0.379 e. The predicted octanol–water partition coefficient (Wildman–Crippen LogP) is 2.31. The molecule has 0 amide bonds. The fourth-order valence-corrected chi connectivity index (χ4v) is 2.33. The molecule has 2 rings (SSSR count). The molecule has 1 heterocycles. The number of rotatable bonds is 2. The maximum absolute atomic E-state index is 5.29. The lowest BCUT2D eigenvalue weighted by atomic mass is 10.4. The maximum Gasteiger partial charge on any atom is 0.0603 e. The van der Waals surface area contributed by atoms with Crippen LogP contribution in [0.2, 0.25) is 0 Å². The van der Waals surface area contributed by atoms with Crippen molar-refractivity contribution in [1.82, 2.24) is 4.31 Å². The predicted molar refractivity (Wildman–Crippen MR) is 61.9 cm³/mol. The first-order valence-corrected chi connectivity index (χ1v) is 5.86. The van der Waals surface area contributed by atoms with Crippen molar-refractivity contribution in [3.63, 3.8) is 0 Å². The van der Waals surface area contributed by atoms with Crippen LogP contribution in [0, 0.1) is 0 Å². The van der Waals surface area contributed by atoms with E-state index in [0.29, 0.717) is 0 Å². The van der Waals surface area contributed by atoms with Gasteiger partial charge in [0.05, 0.1) is 13.2 Å². The molecular weight excluding hydrogens is 214 g/mol. The quantitative estimate of drug-likeness (QED) is 0.615. The molecule has 0 unspecified atom stereocenters. The first-order chi connectivity index (χ1) is 6.84. The van der Waals surface area contributed by atoms with Crippen LogP contribution in [-0.2, 0) is 4.74 Å². The molecule has 0 atom stereocenters. The van der Waals surface area contributed by atoms with Gasteiger partial charge in [0.2, 0.25) is 0 Å². The van der Waals surface area contributed by atoms with Crippen LogP contribution in [0.1, 0.15) is 0 Å². The number of hydrogen-bond donors (Lipinski definition) is 1. The Bertz CT molecular complexity index is 283. The second-order valence-corrected chi connectivity index (χ2v) is 4.81. The van der Waals surface area contributed by atoms with Crippen molar-refractivity contribution in [2.45, 2.75) is 9.79 Å². The van der Waals surface area contributed by atoms with Crippen LogP contribution in [0.15, 0.2) is 34.1 Å². The molecule has 1 aromatic rings. The molecule has 1 aromatic carbocycles. The molecule has 1 aliphatic rings. The Morgan fingerprint density at radius 3 is 2.43 bits per heavy atom. The molecule has 0 saturated carbocycles. The third-order valence-corrected chi connectivity index (χ3v) is 3.45. The van der Waals surface area contributed by atoms with Gasteiger partial charge in [0.25, 0.3) is 0 Å². The molecule has 14 heavy (non-hydrogen) atoms. The SMILES string of the molecule is Sc1ccc(SN2CCOCC2)cc1. The van der Waals surface area contributed by atoms with Crippen LogP contribution in [-0.4, -0.2) is 30.6 Å². The number of hydrogen-bond acceptors (Lipinski definition) is 4. The van der Waals surface area contributed by atoms with Crippen molar-refractivity contribution >= 4 is 24.6 Å². The van der Waals surface area contributed by atoms with Crippen molar-refractivity contribution in [3.8, 4) is 0 Å². The zero-order valence-corrected chi connectivity index (χ0v) is 9.56. The van der Waals surface area contributed by atoms with Crippen LogP contribution in [0.5, 0.6) is 0 Å². The summed E-state index contributed by atoms with van der Waals surface area (Å²) in [4.78, 5) is 2.28. The van der Waals surface area contributed by atoms with Gasteiger partial charge in [-0.2, -0.15) is 0 Å². The molecule has 1 saturated heterocycles. The first-order valence-electron chi connectivity index (χ1n) is 4.64. The van der Waals surface area contributed by atoms with Gasteiger partial charge in [-0.3, -0.25) is 0 Å². The van der Waals surface area contributed by atoms with E-state index in [2.05, 4.69) is 29.1 Å². The summed E-state index contributed by atoms with van der Waals surface area (Å²) in [5.41, 5.74) is 0. The Balaban J connectivity index is 1.92. The highest BCUT2D eigenvalue weighted by atomic mass is 32.2. The molecular formula is C10H13NOS2. The molecule has 0 aliphatic carbocycles. The van der Waals surface area contributed by atoms with Crippen LogP contribution in [0.25, 0.3) is 0 Å². The lowest BCUT2D eigenvalue weighted by molar-refractivity contribution is 0.0773. The smallest absolute Gasteiger partial charge is 0.0603 e. The summed E-state index contributed by atoms with van der Waals surface area (Å²) in [7, 11) is 0. The van der Waals surface area contributed by atoms with Crippen LogP contribution in [0.3, 0.4) is 0 Å². The normalized spacial score (nSPS) is 18.4. The van der Waals surface area contributed by atoms with Gasteiger partial charge < -0.3 is 4.74 Å². The zero-order valence-electron chi connectivity index (χ0n) is 7.85. The average Bonchev–Trinajstić information content (AvgIpc) is 2.23. The Kier molecular flexibility index (Phi) is 3.75. The van der Waals surface area contributed by atoms with E-state index in [1.165, 1.54) is 4.90 Å². The van der Waals surface area contributed by atoms with Crippen molar-refractivity contribution in [2.75, 3.05) is 26.3 Å². The molecule has 0 spiro atoms. The Hall–Kier alpha value is -0.160. The summed E-state index contributed by atoms with van der Waals surface area (Å²) in [6.45, 7) is 3.70. The van der Waals surface area contributed by atoms with Gasteiger partial charge >= 0.3 is 0 Å². The van der Waals surface area contributed by atoms with Crippen molar-refractivity contribution < 1.29 is 4.74 Å². The van der Waals surface area contributed by atoms with Gasteiger partial charge in [-0.15, -0.1) is 12.6 Å². The molecule has 4 heteroatoms. The first kappa shape index (κ1) is 10.4. The van der Waals surface area contributed by atoms with E-state index in [1.807, 2.05) is 12.1 Å². The average molecular weight is 227 g/mol. The van der Waals surface area contributed by atoms with Gasteiger partial charge in [0.1, 0.15) is 0 Å². The molecule has 1 fully saturated rings. The van der Waals surface area contributed by atoms with E-state index in [9.17, 15) is 0 Å². The molecule has 2 nitrogen and oxygen atoms in total. The number of thiol groups is 1. The van der Waals surface area contributed by atoms with Gasteiger partial charge in [-0.1, -0.05) is 0 Å². The highest BCUT2D eigenvalue weighted by Gasteiger charge is 2.11. The highest BCUT2D eigenvalue weighted by molar-refractivity contribution is 7.97. The van der Waals surface area contributed by atoms with E-state index in [-0.39, 0.29) is 0 Å². The summed E-state index contributed by atoms with van der Waals surface area (Å²) in [5.74, 6) is 0. The molecule has 0 bridgehead atoms. The van der Waals surface area contributed by atoms with Crippen molar-refractivity contribution in [1.29, 1.82) is 0 Å². The summed E-state index contributed by atoms with van der Waals surface area (Å²) in [5, 5.41) is 0. The highest BCUT2D eigenvalue weighted by Crippen LogP contribution is 2.24. The fourth-order valence-electron chi connectivity index (χ4n) is 1.29. The molecule has 0 N–H and O–H groups in total. The molecule has 1 aliphatic heterocycles. The van der Waals surface area contributed by atoms with Gasteiger partial charge in [0.15, 0.2) is 0 Å². The Labute approximate surface area is 94.2 Å². The third kappa shape index (κ3) is 2.92. The largest absolute Gasteiger partial charge is 0.379 e. The van der Waals surface area contributed by atoms with Crippen LogP contribution in [0.4, 0.5) is 0 Å². The van der Waals surface area contributed by atoms with E-state index >= 15 is 0 Å². The molecule has 0 aromatic heterocycles. The van der Waals surface area contributed by atoms with Gasteiger partial charge in [-0.25, -0.2) is 4.31 Å². The standard InChI is InChI=1S/C10H13NOS2/c13-9-1-3-10(4-2-9)14-11-5-7-12-8-6-11/h1-4,13H,5-8H2. The minimum absolute atomic E-state index is 0.845. The monoisotopic (exact) mass is 227 g/mol. The van der Waals surface area contributed by atoms with Crippen LogP contribution < -0.4 is 0 Å². The number of benzene rings is 1. The maximum atomic E-state index is 5.29. The minimum atomic E-state index is 0.845. The summed E-state index contributed by atoms with van der Waals surface area (Å²) >= 11 is 6.05. The van der Waals surface area contributed by atoms with E-state index < -0.39 is 0 Å². The van der Waals surface area contributed by atoms with E-state index in [0.717, 1.165) is 31.2 Å². The second-order valence-electron chi connectivity index (χ2n) is 3.13. The van der Waals surface area contributed by atoms with Crippen LogP contribution >= 0.6 is 24.6 Å². The van der Waals surface area contributed by atoms with Gasteiger partial charge in [-0.05, 0) is 36.2 Å². The zero-order chi connectivity index (χ0) is 9.80. The summed E-state index contributed by atoms with van der Waals surface area (Å²) in [6.07, 6.45) is 0. The molecule has 76 valence electrons. The number of nitrogens with zero attached hydrogens (tertiary/aromatic N) is 1. The Morgan fingerprint density at radius 2 is 1.79 bits per heavy atom. The Morgan fingerprint density at radius 1 is 1.14 bits per heavy atom. The van der Waals surface area contributed by atoms with E-state index in [4.69, 9.17) is 4.74 Å².